The van der Waals surface area contributed by atoms with Crippen molar-refractivity contribution in [1.82, 2.24) is 14.9 Å². The summed E-state index contributed by atoms with van der Waals surface area (Å²) in [6, 6.07) is 16.9. The van der Waals surface area contributed by atoms with E-state index in [0.717, 1.165) is 42.3 Å². The molecule has 4 rings (SSSR count). The molecule has 1 saturated heterocycles. The molecule has 0 radical (unpaired) electrons. The number of ether oxygens (including phenoxy) is 2. The van der Waals surface area contributed by atoms with Crippen LogP contribution in [0.1, 0.15) is 18.4 Å². The third-order valence-corrected chi connectivity index (χ3v) is 5.53. The average Bonchev–Trinajstić information content (AvgIpc) is 3.23. The topological polar surface area (TPSA) is 59.5 Å². The molecular weight excluding hydrogens is 376 g/mol. The predicted molar refractivity (Wildman–Crippen MR) is 119 cm³/mol. The number of methoxy groups -OCH3 is 2. The number of rotatable bonds is 8. The summed E-state index contributed by atoms with van der Waals surface area (Å²) in [7, 11) is 3.44. The van der Waals surface area contributed by atoms with E-state index in [9.17, 15) is 0 Å². The molecule has 0 amide bonds. The van der Waals surface area contributed by atoms with Gasteiger partial charge >= 0.3 is 0 Å². The molecule has 0 unspecified atom stereocenters. The summed E-state index contributed by atoms with van der Waals surface area (Å²) in [5.41, 5.74) is 4.31. The molecule has 3 aromatic rings. The summed E-state index contributed by atoms with van der Waals surface area (Å²) in [6.45, 7) is 2.91. The van der Waals surface area contributed by atoms with E-state index in [-0.39, 0.29) is 0 Å². The van der Waals surface area contributed by atoms with Crippen LogP contribution in [0.2, 0.25) is 0 Å². The Labute approximate surface area is 177 Å². The van der Waals surface area contributed by atoms with Gasteiger partial charge in [-0.25, -0.2) is 9.97 Å². The van der Waals surface area contributed by atoms with Crippen LogP contribution in [0.3, 0.4) is 0 Å². The molecule has 1 atom stereocenters. The van der Waals surface area contributed by atoms with Crippen LogP contribution in [0.25, 0.3) is 11.1 Å². The van der Waals surface area contributed by atoms with Gasteiger partial charge < -0.3 is 14.8 Å². The summed E-state index contributed by atoms with van der Waals surface area (Å²) in [5.74, 6) is 1.42. The molecule has 2 heterocycles. The first-order chi connectivity index (χ1) is 14.7. The van der Waals surface area contributed by atoms with Crippen molar-refractivity contribution in [2.45, 2.75) is 25.4 Å². The summed E-state index contributed by atoms with van der Waals surface area (Å²) in [6.07, 6.45) is 6.12. The Morgan fingerprint density at radius 1 is 0.967 bits per heavy atom. The maximum Gasteiger partial charge on any atom is 0.227 e. The predicted octanol–water partition coefficient (Wildman–Crippen LogP) is 4.51. The molecule has 0 spiro atoms. The van der Waals surface area contributed by atoms with Gasteiger partial charge in [-0.05, 0) is 54.8 Å². The highest BCUT2D eigenvalue weighted by Gasteiger charge is 2.24. The standard InChI is InChI=1S/C24H28N4O2/c1-29-17-22-4-3-13-28(22)16-18-5-9-21(10-6-18)27-24-25-14-20(15-26-24)19-7-11-23(30-2)12-8-19/h5-12,14-15,22H,3-4,13,16-17H2,1-2H3,(H,25,26,27)/t22-/m0/s1. The summed E-state index contributed by atoms with van der Waals surface area (Å²) >= 11 is 0. The minimum atomic E-state index is 0.533. The van der Waals surface area contributed by atoms with Crippen molar-refractivity contribution in [2.75, 3.05) is 32.7 Å². The molecule has 0 aliphatic carbocycles. The Kier molecular flexibility index (Phi) is 6.57. The van der Waals surface area contributed by atoms with Crippen LogP contribution in [0, 0.1) is 0 Å². The fourth-order valence-electron chi connectivity index (χ4n) is 3.87. The van der Waals surface area contributed by atoms with E-state index in [4.69, 9.17) is 9.47 Å². The Morgan fingerprint density at radius 2 is 1.70 bits per heavy atom. The van der Waals surface area contributed by atoms with Crippen molar-refractivity contribution in [3.8, 4) is 16.9 Å². The molecule has 6 nitrogen and oxygen atoms in total. The molecule has 0 saturated carbocycles. The quantitative estimate of drug-likeness (QED) is 0.596. The lowest BCUT2D eigenvalue weighted by atomic mass is 10.1. The zero-order chi connectivity index (χ0) is 20.8. The highest BCUT2D eigenvalue weighted by Crippen LogP contribution is 2.23. The van der Waals surface area contributed by atoms with Crippen molar-refractivity contribution in [2.24, 2.45) is 0 Å². The van der Waals surface area contributed by atoms with E-state index >= 15 is 0 Å². The molecule has 2 aromatic carbocycles. The van der Waals surface area contributed by atoms with Crippen LogP contribution in [0.15, 0.2) is 60.9 Å². The third-order valence-electron chi connectivity index (χ3n) is 5.53. The van der Waals surface area contributed by atoms with Crippen LogP contribution in [-0.2, 0) is 11.3 Å². The molecule has 1 aromatic heterocycles. The number of benzene rings is 2. The SMILES string of the molecule is COC[C@@H]1CCCN1Cc1ccc(Nc2ncc(-c3ccc(OC)cc3)cn2)cc1. The number of aromatic nitrogens is 2. The van der Waals surface area contributed by atoms with Gasteiger partial charge in [-0.2, -0.15) is 0 Å². The third kappa shape index (κ3) is 4.96. The summed E-state index contributed by atoms with van der Waals surface area (Å²) < 4.78 is 10.6. The molecule has 156 valence electrons. The van der Waals surface area contributed by atoms with E-state index in [1.165, 1.54) is 18.4 Å². The second kappa shape index (κ2) is 9.69. The maximum atomic E-state index is 5.36. The lowest BCUT2D eigenvalue weighted by molar-refractivity contribution is 0.112. The van der Waals surface area contributed by atoms with E-state index in [2.05, 4.69) is 44.5 Å². The minimum Gasteiger partial charge on any atom is -0.497 e. The average molecular weight is 405 g/mol. The fourth-order valence-corrected chi connectivity index (χ4v) is 3.87. The Morgan fingerprint density at radius 3 is 2.37 bits per heavy atom. The molecule has 1 aliphatic rings. The number of likely N-dealkylation sites (tertiary alicyclic amines) is 1. The fraction of sp³-hybridized carbons (Fsp3) is 0.333. The van der Waals surface area contributed by atoms with Crippen LogP contribution in [0.4, 0.5) is 11.6 Å². The van der Waals surface area contributed by atoms with Crippen molar-refractivity contribution in [1.29, 1.82) is 0 Å². The van der Waals surface area contributed by atoms with Crippen LogP contribution < -0.4 is 10.1 Å². The van der Waals surface area contributed by atoms with Gasteiger partial charge in [0.25, 0.3) is 0 Å². The van der Waals surface area contributed by atoms with E-state index in [0.29, 0.717) is 12.0 Å². The number of nitrogens with zero attached hydrogens (tertiary/aromatic N) is 3. The number of anilines is 2. The maximum absolute atomic E-state index is 5.36. The Bertz CT molecular complexity index is 927. The smallest absolute Gasteiger partial charge is 0.227 e. The van der Waals surface area contributed by atoms with Gasteiger partial charge in [0, 0.05) is 43.3 Å². The van der Waals surface area contributed by atoms with Gasteiger partial charge in [-0.1, -0.05) is 24.3 Å². The number of hydrogen-bond donors (Lipinski definition) is 1. The molecule has 1 aliphatic heterocycles. The molecule has 1 fully saturated rings. The Hall–Kier alpha value is -2.96. The lowest BCUT2D eigenvalue weighted by Crippen LogP contribution is -2.32. The Balaban J connectivity index is 1.36. The van der Waals surface area contributed by atoms with Crippen molar-refractivity contribution < 1.29 is 9.47 Å². The van der Waals surface area contributed by atoms with E-state index in [1.54, 1.807) is 14.2 Å². The minimum absolute atomic E-state index is 0.533. The zero-order valence-electron chi connectivity index (χ0n) is 17.5. The van der Waals surface area contributed by atoms with E-state index < -0.39 is 0 Å². The monoisotopic (exact) mass is 404 g/mol. The lowest BCUT2D eigenvalue weighted by Gasteiger charge is -2.23. The van der Waals surface area contributed by atoms with E-state index in [1.807, 2.05) is 36.7 Å². The van der Waals surface area contributed by atoms with Gasteiger partial charge in [-0.15, -0.1) is 0 Å². The van der Waals surface area contributed by atoms with Crippen molar-refractivity contribution >= 4 is 11.6 Å². The number of hydrogen-bond acceptors (Lipinski definition) is 6. The van der Waals surface area contributed by atoms with Crippen LogP contribution in [-0.4, -0.2) is 48.3 Å². The van der Waals surface area contributed by atoms with Crippen LogP contribution >= 0.6 is 0 Å². The zero-order valence-corrected chi connectivity index (χ0v) is 17.5. The van der Waals surface area contributed by atoms with Gasteiger partial charge in [0.05, 0.1) is 13.7 Å². The van der Waals surface area contributed by atoms with Crippen molar-refractivity contribution in [3.05, 3.63) is 66.5 Å². The van der Waals surface area contributed by atoms with Crippen LogP contribution in [0.5, 0.6) is 5.75 Å². The highest BCUT2D eigenvalue weighted by molar-refractivity contribution is 5.63. The second-order valence-electron chi connectivity index (χ2n) is 7.57. The molecule has 30 heavy (non-hydrogen) atoms. The van der Waals surface area contributed by atoms with Gasteiger partial charge in [-0.3, -0.25) is 4.90 Å². The van der Waals surface area contributed by atoms with Gasteiger partial charge in [0.2, 0.25) is 5.95 Å². The molecule has 0 bridgehead atoms. The second-order valence-corrected chi connectivity index (χ2v) is 7.57. The first-order valence-corrected chi connectivity index (χ1v) is 10.3. The molecule has 6 heteroatoms. The highest BCUT2D eigenvalue weighted by atomic mass is 16.5. The van der Waals surface area contributed by atoms with Crippen molar-refractivity contribution in [3.63, 3.8) is 0 Å². The first kappa shape index (κ1) is 20.3. The molecular formula is C24H28N4O2. The normalized spacial score (nSPS) is 16.5. The summed E-state index contributed by atoms with van der Waals surface area (Å²) in [5, 5.41) is 3.27. The molecule has 1 N–H and O–H groups in total. The summed E-state index contributed by atoms with van der Waals surface area (Å²) in [4.78, 5) is 11.4. The number of nitrogens with one attached hydrogen (secondary N) is 1. The van der Waals surface area contributed by atoms with Gasteiger partial charge in [0.1, 0.15) is 5.75 Å². The first-order valence-electron chi connectivity index (χ1n) is 10.3. The van der Waals surface area contributed by atoms with Gasteiger partial charge in [0.15, 0.2) is 0 Å². The largest absolute Gasteiger partial charge is 0.497 e.